The highest BCUT2D eigenvalue weighted by atomic mass is 16.5. The number of hydrogen-bond acceptors (Lipinski definition) is 3. The Hall–Kier alpha value is -0.120. The lowest BCUT2D eigenvalue weighted by Crippen LogP contribution is -2.51. The van der Waals surface area contributed by atoms with Crippen molar-refractivity contribution in [2.45, 2.75) is 64.5 Å². The fourth-order valence-corrected chi connectivity index (χ4v) is 3.70. The van der Waals surface area contributed by atoms with Gasteiger partial charge in [-0.15, -0.1) is 0 Å². The summed E-state index contributed by atoms with van der Waals surface area (Å²) in [5.74, 6) is 8.07. The summed E-state index contributed by atoms with van der Waals surface area (Å²) >= 11 is 0. The Morgan fingerprint density at radius 2 is 2.18 bits per heavy atom. The third-order valence-corrected chi connectivity index (χ3v) is 4.90. The largest absolute Gasteiger partial charge is 0.376 e. The second-order valence-electron chi connectivity index (χ2n) is 5.99. The lowest BCUT2D eigenvalue weighted by Gasteiger charge is -2.37. The summed E-state index contributed by atoms with van der Waals surface area (Å²) in [6.45, 7) is 5.52. The van der Waals surface area contributed by atoms with Gasteiger partial charge in [0.1, 0.15) is 0 Å². The SMILES string of the molecule is CCC1CCCC(C(NN)C2OCCC2C)C1. The van der Waals surface area contributed by atoms with Crippen LogP contribution in [0.2, 0.25) is 0 Å². The molecule has 1 saturated carbocycles. The van der Waals surface area contributed by atoms with Crippen molar-refractivity contribution in [1.29, 1.82) is 0 Å². The van der Waals surface area contributed by atoms with Crippen LogP contribution in [0, 0.1) is 17.8 Å². The Balaban J connectivity index is 1.97. The molecule has 2 aliphatic rings. The van der Waals surface area contributed by atoms with Crippen molar-refractivity contribution >= 4 is 0 Å². The van der Waals surface area contributed by atoms with Crippen molar-refractivity contribution in [3.05, 3.63) is 0 Å². The molecule has 3 heteroatoms. The molecule has 1 aliphatic carbocycles. The molecular weight excluding hydrogens is 212 g/mol. The first-order valence-corrected chi connectivity index (χ1v) is 7.34. The van der Waals surface area contributed by atoms with E-state index in [4.69, 9.17) is 10.6 Å². The van der Waals surface area contributed by atoms with E-state index in [1.165, 1.54) is 38.5 Å². The normalized spacial score (nSPS) is 40.4. The van der Waals surface area contributed by atoms with Crippen molar-refractivity contribution in [3.63, 3.8) is 0 Å². The van der Waals surface area contributed by atoms with Crippen LogP contribution in [0.5, 0.6) is 0 Å². The maximum atomic E-state index is 5.90. The zero-order valence-electron chi connectivity index (χ0n) is 11.3. The minimum absolute atomic E-state index is 0.334. The van der Waals surface area contributed by atoms with Crippen LogP contribution >= 0.6 is 0 Å². The monoisotopic (exact) mass is 240 g/mol. The molecule has 1 saturated heterocycles. The topological polar surface area (TPSA) is 47.3 Å². The second-order valence-corrected chi connectivity index (χ2v) is 5.99. The molecule has 0 amide bonds. The van der Waals surface area contributed by atoms with Crippen LogP contribution < -0.4 is 11.3 Å². The number of ether oxygens (including phenoxy) is 1. The van der Waals surface area contributed by atoms with Gasteiger partial charge in [0.25, 0.3) is 0 Å². The molecule has 5 atom stereocenters. The fraction of sp³-hybridized carbons (Fsp3) is 1.00. The summed E-state index contributed by atoms with van der Waals surface area (Å²) in [6, 6.07) is 0.363. The third-order valence-electron chi connectivity index (χ3n) is 4.90. The number of hydrogen-bond donors (Lipinski definition) is 2. The fourth-order valence-electron chi connectivity index (χ4n) is 3.70. The quantitative estimate of drug-likeness (QED) is 0.586. The molecule has 2 fully saturated rings. The number of nitrogens with one attached hydrogen (secondary N) is 1. The van der Waals surface area contributed by atoms with Crippen LogP contribution in [-0.2, 0) is 4.74 Å². The van der Waals surface area contributed by atoms with E-state index in [1.54, 1.807) is 0 Å². The Labute approximate surface area is 105 Å². The first kappa shape index (κ1) is 13.3. The van der Waals surface area contributed by atoms with Crippen molar-refractivity contribution in [3.8, 4) is 0 Å². The summed E-state index contributed by atoms with van der Waals surface area (Å²) in [5, 5.41) is 0. The van der Waals surface area contributed by atoms with Gasteiger partial charge < -0.3 is 4.74 Å². The zero-order chi connectivity index (χ0) is 12.3. The molecule has 0 radical (unpaired) electrons. The van der Waals surface area contributed by atoms with Crippen LogP contribution in [0.4, 0.5) is 0 Å². The van der Waals surface area contributed by atoms with Crippen molar-refractivity contribution in [2.75, 3.05) is 6.61 Å². The summed E-state index contributed by atoms with van der Waals surface area (Å²) in [4.78, 5) is 0. The second kappa shape index (κ2) is 6.17. The minimum atomic E-state index is 0.334. The molecule has 5 unspecified atom stereocenters. The predicted molar refractivity (Wildman–Crippen MR) is 70.4 cm³/mol. The van der Waals surface area contributed by atoms with Gasteiger partial charge >= 0.3 is 0 Å². The highest BCUT2D eigenvalue weighted by molar-refractivity contribution is 4.90. The molecule has 100 valence electrons. The first-order chi connectivity index (χ1) is 8.26. The Morgan fingerprint density at radius 1 is 1.35 bits per heavy atom. The molecular formula is C14H28N2O. The van der Waals surface area contributed by atoms with Crippen molar-refractivity contribution < 1.29 is 4.74 Å². The number of nitrogens with two attached hydrogens (primary N) is 1. The molecule has 0 spiro atoms. The van der Waals surface area contributed by atoms with Gasteiger partial charge in [0.2, 0.25) is 0 Å². The lowest BCUT2D eigenvalue weighted by atomic mass is 9.74. The molecule has 2 rings (SSSR count). The lowest BCUT2D eigenvalue weighted by molar-refractivity contribution is 0.0276. The maximum absolute atomic E-state index is 5.90. The molecule has 0 aromatic heterocycles. The number of rotatable bonds is 4. The van der Waals surface area contributed by atoms with E-state index < -0.39 is 0 Å². The average molecular weight is 240 g/mol. The summed E-state index contributed by atoms with van der Waals surface area (Å²) in [5.41, 5.74) is 3.06. The predicted octanol–water partition coefficient (Wildman–Crippen LogP) is 2.46. The van der Waals surface area contributed by atoms with E-state index in [1.807, 2.05) is 0 Å². The van der Waals surface area contributed by atoms with E-state index >= 15 is 0 Å². The summed E-state index contributed by atoms with van der Waals surface area (Å²) in [6.07, 6.45) is 8.26. The number of hydrazine groups is 1. The molecule has 1 aliphatic heterocycles. The minimum Gasteiger partial charge on any atom is -0.376 e. The Bertz CT molecular complexity index is 234. The van der Waals surface area contributed by atoms with E-state index in [0.717, 1.165) is 12.5 Å². The summed E-state index contributed by atoms with van der Waals surface area (Å²) < 4.78 is 5.90. The van der Waals surface area contributed by atoms with Crippen molar-refractivity contribution in [1.82, 2.24) is 5.43 Å². The Kier molecular flexibility index (Phi) is 4.83. The van der Waals surface area contributed by atoms with Gasteiger partial charge in [-0.1, -0.05) is 33.1 Å². The molecule has 1 heterocycles. The van der Waals surface area contributed by atoms with Gasteiger partial charge in [-0.25, -0.2) is 0 Å². The van der Waals surface area contributed by atoms with Crippen LogP contribution in [-0.4, -0.2) is 18.8 Å². The van der Waals surface area contributed by atoms with Gasteiger partial charge in [-0.3, -0.25) is 11.3 Å². The van der Waals surface area contributed by atoms with E-state index in [0.29, 0.717) is 24.0 Å². The van der Waals surface area contributed by atoms with Crippen LogP contribution in [0.1, 0.15) is 52.4 Å². The van der Waals surface area contributed by atoms with Crippen molar-refractivity contribution in [2.24, 2.45) is 23.6 Å². The van der Waals surface area contributed by atoms with E-state index in [-0.39, 0.29) is 0 Å². The van der Waals surface area contributed by atoms with E-state index in [2.05, 4.69) is 19.3 Å². The van der Waals surface area contributed by atoms with Gasteiger partial charge in [0.05, 0.1) is 12.1 Å². The highest BCUT2D eigenvalue weighted by Crippen LogP contribution is 2.36. The van der Waals surface area contributed by atoms with Gasteiger partial charge in [-0.05, 0) is 37.0 Å². The molecule has 0 bridgehead atoms. The van der Waals surface area contributed by atoms with Crippen LogP contribution in [0.15, 0.2) is 0 Å². The molecule has 3 nitrogen and oxygen atoms in total. The first-order valence-electron chi connectivity index (χ1n) is 7.34. The average Bonchev–Trinajstić information content (AvgIpc) is 2.77. The molecule has 3 N–H and O–H groups in total. The zero-order valence-corrected chi connectivity index (χ0v) is 11.3. The Morgan fingerprint density at radius 3 is 2.76 bits per heavy atom. The van der Waals surface area contributed by atoms with Gasteiger partial charge in [0.15, 0.2) is 0 Å². The van der Waals surface area contributed by atoms with Gasteiger partial charge in [0, 0.05) is 6.61 Å². The van der Waals surface area contributed by atoms with Crippen LogP contribution in [0.3, 0.4) is 0 Å². The smallest absolute Gasteiger partial charge is 0.0770 e. The molecule has 17 heavy (non-hydrogen) atoms. The highest BCUT2D eigenvalue weighted by Gasteiger charge is 2.37. The summed E-state index contributed by atoms with van der Waals surface area (Å²) in [7, 11) is 0. The standard InChI is InChI=1S/C14H28N2O/c1-3-11-5-4-6-12(9-11)13(16-15)14-10(2)7-8-17-14/h10-14,16H,3-9,15H2,1-2H3. The molecule has 0 aromatic carbocycles. The van der Waals surface area contributed by atoms with Crippen LogP contribution in [0.25, 0.3) is 0 Å². The molecule has 0 aromatic rings. The van der Waals surface area contributed by atoms with Gasteiger partial charge in [-0.2, -0.15) is 0 Å². The van der Waals surface area contributed by atoms with E-state index in [9.17, 15) is 0 Å². The third kappa shape index (κ3) is 3.01. The maximum Gasteiger partial charge on any atom is 0.0770 e.